The molecular formula is C16H20N2O2S. The molecule has 0 bridgehead atoms. The van der Waals surface area contributed by atoms with Crippen LogP contribution >= 0.6 is 11.3 Å². The van der Waals surface area contributed by atoms with E-state index < -0.39 is 0 Å². The lowest BCUT2D eigenvalue weighted by atomic mass is 10.1. The number of carbonyl (C=O) groups is 1. The topological polar surface area (TPSA) is 42.4 Å². The number of thiazole rings is 1. The monoisotopic (exact) mass is 304 g/mol. The molecule has 0 aliphatic heterocycles. The zero-order chi connectivity index (χ0) is 15.2. The van der Waals surface area contributed by atoms with Crippen molar-refractivity contribution < 1.29 is 9.53 Å². The first-order chi connectivity index (χ1) is 10.1. The summed E-state index contributed by atoms with van der Waals surface area (Å²) in [7, 11) is 2.04. The van der Waals surface area contributed by atoms with Gasteiger partial charge in [0.05, 0.1) is 17.8 Å². The highest BCUT2D eigenvalue weighted by molar-refractivity contribution is 7.07. The normalized spacial score (nSPS) is 10.9. The molecule has 0 N–H and O–H groups in total. The van der Waals surface area contributed by atoms with E-state index in [1.807, 2.05) is 43.1 Å². The minimum absolute atomic E-state index is 0.0708. The van der Waals surface area contributed by atoms with E-state index in [0.717, 1.165) is 29.1 Å². The predicted octanol–water partition coefficient (Wildman–Crippen LogP) is 3.38. The molecule has 0 atom stereocenters. The van der Waals surface area contributed by atoms with Gasteiger partial charge in [-0.05, 0) is 39.1 Å². The fraction of sp³-hybridized carbons (Fsp3) is 0.375. The summed E-state index contributed by atoms with van der Waals surface area (Å²) in [6.07, 6.45) is 0. The third-order valence-electron chi connectivity index (χ3n) is 3.12. The Morgan fingerprint density at radius 1 is 1.38 bits per heavy atom. The van der Waals surface area contributed by atoms with E-state index >= 15 is 0 Å². The number of ketones is 1. The van der Waals surface area contributed by atoms with E-state index in [2.05, 4.69) is 9.88 Å². The molecule has 2 rings (SSSR count). The van der Waals surface area contributed by atoms with Crippen LogP contribution < -0.4 is 4.74 Å². The summed E-state index contributed by atoms with van der Waals surface area (Å²) in [6.45, 7) is 5.65. The Morgan fingerprint density at radius 2 is 2.19 bits per heavy atom. The molecule has 0 aliphatic carbocycles. The molecule has 1 heterocycles. The molecule has 21 heavy (non-hydrogen) atoms. The summed E-state index contributed by atoms with van der Waals surface area (Å²) in [5.41, 5.74) is 4.64. The van der Waals surface area contributed by atoms with Gasteiger partial charge in [-0.15, -0.1) is 11.3 Å². The van der Waals surface area contributed by atoms with Gasteiger partial charge in [-0.3, -0.25) is 9.69 Å². The fourth-order valence-corrected chi connectivity index (χ4v) is 2.71. The second-order valence-corrected chi connectivity index (χ2v) is 5.68. The van der Waals surface area contributed by atoms with Crippen LogP contribution in [-0.4, -0.2) is 29.3 Å². The van der Waals surface area contributed by atoms with Crippen LogP contribution in [0.15, 0.2) is 29.1 Å². The Morgan fingerprint density at radius 3 is 2.81 bits per heavy atom. The van der Waals surface area contributed by atoms with Crippen LogP contribution in [0.4, 0.5) is 0 Å². The number of rotatable bonds is 7. The predicted molar refractivity (Wildman–Crippen MR) is 84.9 cm³/mol. The van der Waals surface area contributed by atoms with Gasteiger partial charge in [-0.1, -0.05) is 0 Å². The van der Waals surface area contributed by atoms with Crippen LogP contribution in [0.1, 0.15) is 35.5 Å². The molecule has 1 aromatic carbocycles. The summed E-state index contributed by atoms with van der Waals surface area (Å²) in [4.78, 5) is 18.0. The van der Waals surface area contributed by atoms with E-state index in [4.69, 9.17) is 4.74 Å². The lowest BCUT2D eigenvalue weighted by Gasteiger charge is -2.18. The molecule has 1 aromatic heterocycles. The highest BCUT2D eigenvalue weighted by atomic mass is 32.1. The van der Waals surface area contributed by atoms with Crippen molar-refractivity contribution in [2.45, 2.75) is 26.9 Å². The van der Waals surface area contributed by atoms with Gasteiger partial charge in [-0.2, -0.15) is 0 Å². The number of hydrogen-bond donors (Lipinski definition) is 0. The van der Waals surface area contributed by atoms with Gasteiger partial charge in [0.2, 0.25) is 0 Å². The summed E-state index contributed by atoms with van der Waals surface area (Å²) in [5, 5.41) is 2.05. The first kappa shape index (κ1) is 15.7. The Balaban J connectivity index is 2.15. The van der Waals surface area contributed by atoms with Crippen molar-refractivity contribution in [2.24, 2.45) is 0 Å². The van der Waals surface area contributed by atoms with Crippen molar-refractivity contribution in [1.29, 1.82) is 0 Å². The van der Waals surface area contributed by atoms with E-state index in [0.29, 0.717) is 13.2 Å². The Bertz CT molecular complexity index is 596. The van der Waals surface area contributed by atoms with Crippen LogP contribution in [0, 0.1) is 0 Å². The number of Topliss-reactive ketones (excluding diaryl/α,β-unsaturated/α-hetero) is 1. The first-order valence-electron chi connectivity index (χ1n) is 6.92. The third kappa shape index (κ3) is 4.37. The number of aromatic nitrogens is 1. The number of hydrogen-bond acceptors (Lipinski definition) is 5. The zero-order valence-corrected chi connectivity index (χ0v) is 13.4. The highest BCUT2D eigenvalue weighted by Crippen LogP contribution is 2.22. The largest absolute Gasteiger partial charge is 0.494 e. The minimum Gasteiger partial charge on any atom is -0.494 e. The third-order valence-corrected chi connectivity index (χ3v) is 3.76. The molecule has 0 aliphatic rings. The summed E-state index contributed by atoms with van der Waals surface area (Å²) in [6, 6.07) is 5.62. The highest BCUT2D eigenvalue weighted by Gasteiger charge is 2.11. The first-order valence-corrected chi connectivity index (χ1v) is 7.86. The molecule has 0 radical (unpaired) electrons. The fourth-order valence-electron chi connectivity index (χ4n) is 2.16. The van der Waals surface area contributed by atoms with Crippen LogP contribution in [0.25, 0.3) is 0 Å². The smallest absolute Gasteiger partial charge is 0.159 e. The van der Waals surface area contributed by atoms with Crippen LogP contribution in [0.2, 0.25) is 0 Å². The Hall–Kier alpha value is -1.72. The second kappa shape index (κ2) is 7.33. The average Bonchev–Trinajstić information content (AvgIpc) is 2.93. The van der Waals surface area contributed by atoms with Crippen molar-refractivity contribution in [3.63, 3.8) is 0 Å². The molecule has 0 unspecified atom stereocenters. The number of ether oxygens (including phenoxy) is 1. The Labute approximate surface area is 129 Å². The second-order valence-electron chi connectivity index (χ2n) is 4.96. The molecule has 2 aromatic rings. The maximum absolute atomic E-state index is 11.5. The van der Waals surface area contributed by atoms with Crippen molar-refractivity contribution in [2.75, 3.05) is 13.7 Å². The van der Waals surface area contributed by atoms with Crippen LogP contribution in [0.5, 0.6) is 5.75 Å². The van der Waals surface area contributed by atoms with Gasteiger partial charge in [0.25, 0.3) is 0 Å². The van der Waals surface area contributed by atoms with E-state index in [9.17, 15) is 4.79 Å². The molecule has 5 heteroatoms. The maximum atomic E-state index is 11.5. The molecule has 0 spiro atoms. The van der Waals surface area contributed by atoms with Gasteiger partial charge >= 0.3 is 0 Å². The average molecular weight is 304 g/mol. The van der Waals surface area contributed by atoms with Crippen molar-refractivity contribution in [1.82, 2.24) is 9.88 Å². The molecule has 4 nitrogen and oxygen atoms in total. The van der Waals surface area contributed by atoms with Gasteiger partial charge in [0.15, 0.2) is 5.78 Å². The lowest BCUT2D eigenvalue weighted by molar-refractivity contribution is 0.101. The quantitative estimate of drug-likeness (QED) is 0.736. The summed E-state index contributed by atoms with van der Waals surface area (Å²) >= 11 is 1.60. The van der Waals surface area contributed by atoms with Crippen molar-refractivity contribution >= 4 is 17.1 Å². The molecule has 0 saturated carbocycles. The van der Waals surface area contributed by atoms with Gasteiger partial charge in [0, 0.05) is 29.6 Å². The molecule has 112 valence electrons. The summed E-state index contributed by atoms with van der Waals surface area (Å²) in [5.74, 6) is 0.911. The zero-order valence-electron chi connectivity index (χ0n) is 12.6. The standard InChI is InChI=1S/C16H20N2O2S/c1-4-20-16-6-5-13(12(2)19)7-14(16)8-18(3)9-15-10-21-11-17-15/h5-7,10-11H,4,8-9H2,1-3H3. The lowest BCUT2D eigenvalue weighted by Crippen LogP contribution is -2.18. The Kier molecular flexibility index (Phi) is 5.47. The van der Waals surface area contributed by atoms with Gasteiger partial charge < -0.3 is 4.74 Å². The van der Waals surface area contributed by atoms with E-state index in [1.54, 1.807) is 18.3 Å². The van der Waals surface area contributed by atoms with Crippen LogP contribution in [-0.2, 0) is 13.1 Å². The molecule has 0 fully saturated rings. The van der Waals surface area contributed by atoms with E-state index in [-0.39, 0.29) is 5.78 Å². The van der Waals surface area contributed by atoms with E-state index in [1.165, 1.54) is 0 Å². The van der Waals surface area contributed by atoms with Crippen molar-refractivity contribution in [3.8, 4) is 5.75 Å². The molecule has 0 amide bonds. The minimum atomic E-state index is 0.0708. The maximum Gasteiger partial charge on any atom is 0.159 e. The van der Waals surface area contributed by atoms with Gasteiger partial charge in [0.1, 0.15) is 5.75 Å². The number of carbonyl (C=O) groups excluding carboxylic acids is 1. The van der Waals surface area contributed by atoms with Gasteiger partial charge in [-0.25, -0.2) is 4.98 Å². The van der Waals surface area contributed by atoms with Crippen molar-refractivity contribution in [3.05, 3.63) is 45.9 Å². The number of benzene rings is 1. The SMILES string of the molecule is CCOc1ccc(C(C)=O)cc1CN(C)Cc1cscn1. The van der Waals surface area contributed by atoms with Crippen LogP contribution in [0.3, 0.4) is 0 Å². The summed E-state index contributed by atoms with van der Waals surface area (Å²) < 4.78 is 5.66. The molecule has 0 saturated heterocycles. The molecular weight excluding hydrogens is 284 g/mol. The number of nitrogens with zero attached hydrogens (tertiary/aromatic N) is 2.